The molecule has 0 fully saturated rings. The van der Waals surface area contributed by atoms with Crippen LogP contribution in [0, 0.1) is 25.7 Å². The largest absolute Gasteiger partial charge is 0.310 e. The highest BCUT2D eigenvalue weighted by Gasteiger charge is 2.13. The average Bonchev–Trinajstić information content (AvgIpc) is 3.03. The summed E-state index contributed by atoms with van der Waals surface area (Å²) in [7, 11) is 0. The van der Waals surface area contributed by atoms with Gasteiger partial charge in [-0.1, -0.05) is 72.5 Å². The van der Waals surface area contributed by atoms with E-state index < -0.39 is 0 Å². The van der Waals surface area contributed by atoms with E-state index in [1.54, 1.807) is 0 Å². The van der Waals surface area contributed by atoms with Crippen molar-refractivity contribution < 1.29 is 0 Å². The van der Waals surface area contributed by atoms with Crippen LogP contribution in [-0.4, -0.2) is 0 Å². The van der Waals surface area contributed by atoms with Crippen LogP contribution in [0.4, 0.5) is 34.1 Å². The van der Waals surface area contributed by atoms with Gasteiger partial charge in [-0.2, -0.15) is 0 Å². The van der Waals surface area contributed by atoms with Crippen molar-refractivity contribution in [3.8, 4) is 11.8 Å². The third kappa shape index (κ3) is 6.12. The topological polar surface area (TPSA) is 6.48 Å². The molecule has 0 spiro atoms. The molecule has 2 nitrogen and oxygen atoms in total. The van der Waals surface area contributed by atoms with Crippen molar-refractivity contribution in [2.45, 2.75) is 13.8 Å². The summed E-state index contributed by atoms with van der Waals surface area (Å²) in [5.74, 6) is 6.71. The lowest BCUT2D eigenvalue weighted by atomic mass is 10.1. The molecule has 0 aliphatic heterocycles. The zero-order valence-corrected chi connectivity index (χ0v) is 23.9. The monoisotopic (exact) mass is 540 g/mol. The maximum Gasteiger partial charge on any atom is 0.0464 e. The number of hydrogen-bond acceptors (Lipinski definition) is 2. The predicted molar refractivity (Wildman–Crippen MR) is 178 cm³/mol. The molecule has 0 saturated heterocycles. The summed E-state index contributed by atoms with van der Waals surface area (Å²) in [5, 5.41) is 0. The van der Waals surface area contributed by atoms with E-state index in [0.717, 1.165) is 45.3 Å². The van der Waals surface area contributed by atoms with Gasteiger partial charge in [0.25, 0.3) is 0 Å². The molecule has 202 valence electrons. The summed E-state index contributed by atoms with van der Waals surface area (Å²) >= 11 is 0. The molecule has 0 amide bonds. The van der Waals surface area contributed by atoms with Gasteiger partial charge in [-0.25, -0.2) is 0 Å². The second-order valence-corrected chi connectivity index (χ2v) is 10.4. The van der Waals surface area contributed by atoms with E-state index >= 15 is 0 Å². The quantitative estimate of drug-likeness (QED) is 0.194. The number of aryl methyl sites for hydroxylation is 2. The van der Waals surface area contributed by atoms with Crippen LogP contribution in [0.2, 0.25) is 0 Å². The Morgan fingerprint density at radius 3 is 1.02 bits per heavy atom. The molecule has 0 aromatic heterocycles. The van der Waals surface area contributed by atoms with Gasteiger partial charge in [0, 0.05) is 45.3 Å². The number of anilines is 6. The van der Waals surface area contributed by atoms with Crippen LogP contribution in [0.3, 0.4) is 0 Å². The zero-order valence-electron chi connectivity index (χ0n) is 23.9. The predicted octanol–water partition coefficient (Wildman–Crippen LogP) is 10.6. The molecular formula is C40H32N2. The molecule has 0 bridgehead atoms. The van der Waals surface area contributed by atoms with Crippen LogP contribution in [-0.2, 0) is 0 Å². The fraction of sp³-hybridized carbons (Fsp3) is 0.0500. The van der Waals surface area contributed by atoms with Crippen LogP contribution in [0.5, 0.6) is 0 Å². The fourth-order valence-electron chi connectivity index (χ4n) is 5.11. The maximum atomic E-state index is 3.35. The first-order valence-electron chi connectivity index (χ1n) is 14.2. The van der Waals surface area contributed by atoms with Crippen molar-refractivity contribution in [2.24, 2.45) is 0 Å². The molecular weight excluding hydrogens is 508 g/mol. The van der Waals surface area contributed by atoms with Crippen LogP contribution in [0.1, 0.15) is 22.3 Å². The van der Waals surface area contributed by atoms with E-state index in [9.17, 15) is 0 Å². The summed E-state index contributed by atoms with van der Waals surface area (Å²) in [6.45, 7) is 4.25. The molecule has 0 aliphatic carbocycles. The van der Waals surface area contributed by atoms with E-state index in [1.807, 2.05) is 12.1 Å². The summed E-state index contributed by atoms with van der Waals surface area (Å²) in [6.07, 6.45) is 0. The summed E-state index contributed by atoms with van der Waals surface area (Å²) < 4.78 is 0. The van der Waals surface area contributed by atoms with E-state index in [2.05, 4.69) is 181 Å². The molecule has 6 aromatic carbocycles. The van der Waals surface area contributed by atoms with Crippen LogP contribution in [0.15, 0.2) is 158 Å². The highest BCUT2D eigenvalue weighted by atomic mass is 15.1. The van der Waals surface area contributed by atoms with Crippen LogP contribution >= 0.6 is 0 Å². The Kier molecular flexibility index (Phi) is 7.84. The Morgan fingerprint density at radius 2 is 0.667 bits per heavy atom. The summed E-state index contributed by atoms with van der Waals surface area (Å²) in [4.78, 5) is 4.55. The molecule has 0 heterocycles. The van der Waals surface area contributed by atoms with Crippen LogP contribution in [0.25, 0.3) is 0 Å². The van der Waals surface area contributed by atoms with E-state index in [4.69, 9.17) is 0 Å². The van der Waals surface area contributed by atoms with Gasteiger partial charge < -0.3 is 9.80 Å². The minimum atomic E-state index is 0.978. The van der Waals surface area contributed by atoms with Gasteiger partial charge in [-0.15, -0.1) is 0 Å². The Morgan fingerprint density at radius 1 is 0.333 bits per heavy atom. The van der Waals surface area contributed by atoms with E-state index in [-0.39, 0.29) is 0 Å². The van der Waals surface area contributed by atoms with Gasteiger partial charge in [0.05, 0.1) is 0 Å². The number of rotatable bonds is 6. The number of nitrogens with zero attached hydrogens (tertiary/aromatic N) is 2. The SMILES string of the molecule is Cc1cccc(N(c2ccccc2)c2ccc(C#Cc3ccc(N(c4ccccc4)c4cccc(C)c4)cc3)cc2)c1. The van der Waals surface area contributed by atoms with Crippen LogP contribution < -0.4 is 9.80 Å². The Bertz CT molecular complexity index is 1690. The second kappa shape index (κ2) is 12.3. The maximum absolute atomic E-state index is 3.35. The van der Waals surface area contributed by atoms with Crippen molar-refractivity contribution >= 4 is 34.1 Å². The smallest absolute Gasteiger partial charge is 0.0464 e. The molecule has 0 aliphatic rings. The van der Waals surface area contributed by atoms with E-state index in [1.165, 1.54) is 11.1 Å². The first-order valence-corrected chi connectivity index (χ1v) is 14.2. The van der Waals surface area contributed by atoms with Crippen molar-refractivity contribution in [2.75, 3.05) is 9.80 Å². The summed E-state index contributed by atoms with van der Waals surface area (Å²) in [5.41, 5.74) is 11.1. The first kappa shape index (κ1) is 26.7. The Hall–Kier alpha value is -5.52. The molecule has 0 saturated carbocycles. The molecule has 42 heavy (non-hydrogen) atoms. The second-order valence-electron chi connectivity index (χ2n) is 10.4. The minimum absolute atomic E-state index is 0.978. The third-order valence-corrected chi connectivity index (χ3v) is 7.15. The first-order chi connectivity index (χ1) is 20.6. The third-order valence-electron chi connectivity index (χ3n) is 7.15. The molecule has 6 aromatic rings. The molecule has 0 atom stereocenters. The summed E-state index contributed by atoms with van der Waals surface area (Å²) in [6, 6.07) is 55.0. The Balaban J connectivity index is 1.25. The van der Waals surface area contributed by atoms with Crippen molar-refractivity contribution in [3.63, 3.8) is 0 Å². The van der Waals surface area contributed by atoms with Gasteiger partial charge in [0.1, 0.15) is 0 Å². The Labute approximate surface area is 249 Å². The van der Waals surface area contributed by atoms with Crippen molar-refractivity contribution in [1.82, 2.24) is 0 Å². The van der Waals surface area contributed by atoms with Gasteiger partial charge >= 0.3 is 0 Å². The lowest BCUT2D eigenvalue weighted by molar-refractivity contribution is 1.27. The van der Waals surface area contributed by atoms with E-state index in [0.29, 0.717) is 0 Å². The fourth-order valence-corrected chi connectivity index (χ4v) is 5.11. The van der Waals surface area contributed by atoms with Crippen molar-refractivity contribution in [3.05, 3.63) is 180 Å². The lowest BCUT2D eigenvalue weighted by Gasteiger charge is -2.25. The normalized spacial score (nSPS) is 10.4. The number of para-hydroxylation sites is 2. The molecule has 6 rings (SSSR count). The lowest BCUT2D eigenvalue weighted by Crippen LogP contribution is -2.09. The highest BCUT2D eigenvalue weighted by molar-refractivity contribution is 5.78. The zero-order chi connectivity index (χ0) is 28.7. The molecule has 0 unspecified atom stereocenters. The standard InChI is InChI=1S/C40H32N2/c1-31-11-9-17-39(29-31)41(35-13-5-3-6-14-35)37-25-21-33(22-26-37)19-20-34-23-27-38(28-24-34)42(36-15-7-4-8-16-36)40-18-10-12-32(2)30-40/h3-18,21-30H,1-2H3. The minimum Gasteiger partial charge on any atom is -0.310 e. The molecule has 2 heteroatoms. The van der Waals surface area contributed by atoms with Gasteiger partial charge in [0.15, 0.2) is 0 Å². The van der Waals surface area contributed by atoms with Crippen molar-refractivity contribution in [1.29, 1.82) is 0 Å². The number of benzene rings is 6. The van der Waals surface area contributed by atoms with Gasteiger partial charge in [-0.3, -0.25) is 0 Å². The van der Waals surface area contributed by atoms with Gasteiger partial charge in [0.2, 0.25) is 0 Å². The van der Waals surface area contributed by atoms with Gasteiger partial charge in [-0.05, 0) is 122 Å². The molecule has 0 radical (unpaired) electrons. The average molecular weight is 541 g/mol. The molecule has 0 N–H and O–H groups in total. The highest BCUT2D eigenvalue weighted by Crippen LogP contribution is 2.36. The number of hydrogen-bond donors (Lipinski definition) is 0.